The number of pyridine rings is 1. The molecule has 2 aromatic heterocycles. The number of hydrogen-bond acceptors (Lipinski definition) is 7. The van der Waals surface area contributed by atoms with Crippen LogP contribution in [0.25, 0.3) is 0 Å². The average Bonchev–Trinajstić information content (AvgIpc) is 2.86. The molecule has 10 nitrogen and oxygen atoms in total. The highest BCUT2D eigenvalue weighted by atomic mass is 19.1. The summed E-state index contributed by atoms with van der Waals surface area (Å²) in [4.78, 5) is 45.6. The Morgan fingerprint density at radius 3 is 2.42 bits per heavy atom. The summed E-state index contributed by atoms with van der Waals surface area (Å²) >= 11 is 0. The maximum atomic E-state index is 13.5. The van der Waals surface area contributed by atoms with Crippen molar-refractivity contribution in [3.63, 3.8) is 0 Å². The van der Waals surface area contributed by atoms with E-state index >= 15 is 0 Å². The van der Waals surface area contributed by atoms with E-state index in [0.29, 0.717) is 11.4 Å². The summed E-state index contributed by atoms with van der Waals surface area (Å²) in [6.45, 7) is 2.11. The molecule has 0 amide bonds. The number of carboxylic acid groups (broad SMARTS) is 1. The average molecular weight is 518 g/mol. The second-order valence-corrected chi connectivity index (χ2v) is 9.17. The molecule has 11 heteroatoms. The Kier molecular flexibility index (Phi) is 6.73. The predicted octanol–water partition coefficient (Wildman–Crippen LogP) is 3.87. The first-order valence-electron chi connectivity index (χ1n) is 11.9. The third kappa shape index (κ3) is 5.31. The van der Waals surface area contributed by atoms with Crippen LogP contribution in [0, 0.1) is 18.7 Å². The largest absolute Gasteiger partial charge is 0.481 e. The molecular weight excluding hydrogens is 493 g/mol. The zero-order valence-electron chi connectivity index (χ0n) is 20.4. The molecule has 0 spiro atoms. The number of carbonyl (C=O) groups is 1. The van der Waals surface area contributed by atoms with Crippen LogP contribution in [0.3, 0.4) is 0 Å². The number of nitrogens with one attached hydrogen (secondary N) is 1. The number of benzene rings is 2. The van der Waals surface area contributed by atoms with E-state index in [0.717, 1.165) is 21.9 Å². The van der Waals surface area contributed by atoms with Crippen molar-refractivity contribution in [2.24, 2.45) is 5.92 Å². The quantitative estimate of drug-likeness (QED) is 0.361. The van der Waals surface area contributed by atoms with Crippen LogP contribution >= 0.6 is 0 Å². The van der Waals surface area contributed by atoms with Crippen molar-refractivity contribution < 1.29 is 19.0 Å². The van der Waals surface area contributed by atoms with Gasteiger partial charge < -0.3 is 15.2 Å². The number of aromatic nitrogens is 4. The predicted molar refractivity (Wildman–Crippen MR) is 136 cm³/mol. The van der Waals surface area contributed by atoms with Crippen LogP contribution in [0.2, 0.25) is 0 Å². The maximum absolute atomic E-state index is 13.5. The van der Waals surface area contributed by atoms with E-state index in [9.17, 15) is 23.9 Å². The molecule has 2 N–H and O–H groups in total. The fourth-order valence-electron chi connectivity index (χ4n) is 4.21. The number of rotatable bonds is 8. The lowest BCUT2D eigenvalue weighted by Gasteiger charge is -2.33. The van der Waals surface area contributed by atoms with Gasteiger partial charge in [0.1, 0.15) is 11.6 Å². The Labute approximate surface area is 216 Å². The number of anilines is 2. The first kappa shape index (κ1) is 24.9. The van der Waals surface area contributed by atoms with Crippen molar-refractivity contribution in [3.05, 3.63) is 105 Å². The molecule has 0 saturated heterocycles. The third-order valence-corrected chi connectivity index (χ3v) is 6.42. The number of hydrogen-bond donors (Lipinski definition) is 2. The van der Waals surface area contributed by atoms with Gasteiger partial charge in [0.15, 0.2) is 0 Å². The van der Waals surface area contributed by atoms with Crippen LogP contribution in [0.5, 0.6) is 11.6 Å². The smallest absolute Gasteiger partial charge is 0.355 e. The Hall–Kier alpha value is -4.80. The topological polar surface area (TPSA) is 128 Å². The Bertz CT molecular complexity index is 1580. The highest BCUT2D eigenvalue weighted by Crippen LogP contribution is 2.36. The molecular formula is C27H24FN5O5. The van der Waals surface area contributed by atoms with Gasteiger partial charge in [-0.05, 0) is 55.7 Å². The van der Waals surface area contributed by atoms with E-state index in [-0.39, 0.29) is 31.2 Å². The van der Waals surface area contributed by atoms with E-state index in [2.05, 4.69) is 15.3 Å². The first-order valence-corrected chi connectivity index (χ1v) is 11.9. The SMILES string of the molecule is Cc1ccc(Cn2c(Nc3ccc(Oc4ccc(F)cn4)cc3)nc(=O)n(C3CC(C(=O)O)C3)c2=O)cc1. The number of aryl methyl sites for hydroxylation is 1. The summed E-state index contributed by atoms with van der Waals surface area (Å²) in [6.07, 6.45) is 1.46. The van der Waals surface area contributed by atoms with Crippen LogP contribution in [0.15, 0.2) is 76.4 Å². The van der Waals surface area contributed by atoms with Crippen LogP contribution in [-0.2, 0) is 11.3 Å². The Morgan fingerprint density at radius 2 is 1.79 bits per heavy atom. The normalized spacial score (nSPS) is 16.5. The molecule has 4 aromatic rings. The first-order chi connectivity index (χ1) is 18.3. The van der Waals surface area contributed by atoms with Gasteiger partial charge in [-0.3, -0.25) is 9.36 Å². The van der Waals surface area contributed by atoms with E-state index in [4.69, 9.17) is 4.74 Å². The Balaban J connectivity index is 1.44. The van der Waals surface area contributed by atoms with Crippen LogP contribution in [0.4, 0.5) is 16.0 Å². The van der Waals surface area contributed by atoms with Crippen molar-refractivity contribution in [1.82, 2.24) is 19.1 Å². The second-order valence-electron chi connectivity index (χ2n) is 9.17. The summed E-state index contributed by atoms with van der Waals surface area (Å²) in [6, 6.07) is 16.4. The fraction of sp³-hybridized carbons (Fsp3) is 0.222. The van der Waals surface area contributed by atoms with Gasteiger partial charge in [0.25, 0.3) is 0 Å². The molecule has 0 unspecified atom stereocenters. The minimum atomic E-state index is -0.942. The summed E-state index contributed by atoms with van der Waals surface area (Å²) in [7, 11) is 0. The highest BCUT2D eigenvalue weighted by Gasteiger charge is 2.38. The summed E-state index contributed by atoms with van der Waals surface area (Å²) in [5.74, 6) is -1.26. The molecule has 38 heavy (non-hydrogen) atoms. The lowest BCUT2D eigenvalue weighted by atomic mass is 9.80. The minimum Gasteiger partial charge on any atom is -0.481 e. The number of nitrogens with zero attached hydrogens (tertiary/aromatic N) is 4. The van der Waals surface area contributed by atoms with Crippen molar-refractivity contribution >= 4 is 17.6 Å². The van der Waals surface area contributed by atoms with E-state index < -0.39 is 35.1 Å². The summed E-state index contributed by atoms with van der Waals surface area (Å²) in [5.41, 5.74) is 1.13. The summed E-state index contributed by atoms with van der Waals surface area (Å²) < 4.78 is 21.1. The lowest BCUT2D eigenvalue weighted by Crippen LogP contribution is -2.48. The van der Waals surface area contributed by atoms with Gasteiger partial charge in [0.05, 0.1) is 18.7 Å². The molecule has 2 heterocycles. The van der Waals surface area contributed by atoms with Gasteiger partial charge in [0, 0.05) is 17.8 Å². The molecule has 194 valence electrons. The third-order valence-electron chi connectivity index (χ3n) is 6.42. The molecule has 0 radical (unpaired) electrons. The number of aliphatic carboxylic acids is 1. The van der Waals surface area contributed by atoms with E-state index in [1.807, 2.05) is 31.2 Å². The molecule has 1 saturated carbocycles. The van der Waals surface area contributed by atoms with Crippen molar-refractivity contribution in [2.45, 2.75) is 32.4 Å². The second kappa shape index (κ2) is 10.3. The van der Waals surface area contributed by atoms with Gasteiger partial charge in [-0.25, -0.2) is 23.5 Å². The van der Waals surface area contributed by atoms with E-state index in [1.165, 1.54) is 16.7 Å². The molecule has 0 atom stereocenters. The minimum absolute atomic E-state index is 0.0554. The lowest BCUT2D eigenvalue weighted by molar-refractivity contribution is -0.146. The standard InChI is InChI=1S/C27H24FN5O5/c1-16-2-4-17(5-3-16)15-32-25(31-26(36)33(27(32)37)21-12-18(13-21)24(34)35)30-20-7-9-22(10-8-20)38-23-11-6-19(28)14-29-23/h2-11,14,18,21H,12-13,15H2,1H3,(H,34,35)(H,30,31,36). The van der Waals surface area contributed by atoms with Gasteiger partial charge in [-0.15, -0.1) is 0 Å². The van der Waals surface area contributed by atoms with Gasteiger partial charge in [-0.1, -0.05) is 29.8 Å². The Morgan fingerprint density at radius 1 is 1.08 bits per heavy atom. The summed E-state index contributed by atoms with van der Waals surface area (Å²) in [5, 5.41) is 12.2. The van der Waals surface area contributed by atoms with Crippen LogP contribution in [0.1, 0.15) is 30.0 Å². The molecule has 5 rings (SSSR count). The molecule has 1 aliphatic carbocycles. The molecule has 0 bridgehead atoms. The van der Waals surface area contributed by atoms with Crippen molar-refractivity contribution in [1.29, 1.82) is 0 Å². The maximum Gasteiger partial charge on any atom is 0.355 e. The zero-order chi connectivity index (χ0) is 26.8. The number of ether oxygens (including phenoxy) is 1. The fourth-order valence-corrected chi connectivity index (χ4v) is 4.21. The monoisotopic (exact) mass is 517 g/mol. The van der Waals surface area contributed by atoms with Gasteiger partial charge in [-0.2, -0.15) is 4.98 Å². The number of carboxylic acids is 1. The van der Waals surface area contributed by atoms with Gasteiger partial charge >= 0.3 is 17.3 Å². The zero-order valence-corrected chi connectivity index (χ0v) is 20.4. The highest BCUT2D eigenvalue weighted by molar-refractivity contribution is 5.71. The van der Waals surface area contributed by atoms with Crippen LogP contribution in [-0.4, -0.2) is 30.2 Å². The molecule has 1 fully saturated rings. The van der Waals surface area contributed by atoms with Crippen molar-refractivity contribution in [2.75, 3.05) is 5.32 Å². The van der Waals surface area contributed by atoms with Gasteiger partial charge in [0.2, 0.25) is 11.8 Å². The van der Waals surface area contributed by atoms with E-state index in [1.54, 1.807) is 24.3 Å². The number of halogens is 1. The van der Waals surface area contributed by atoms with Crippen LogP contribution < -0.4 is 21.4 Å². The molecule has 0 aliphatic heterocycles. The molecule has 1 aliphatic rings. The molecule has 2 aromatic carbocycles. The van der Waals surface area contributed by atoms with Crippen molar-refractivity contribution in [3.8, 4) is 11.6 Å².